The van der Waals surface area contributed by atoms with Gasteiger partial charge in [0, 0.05) is 11.5 Å². The Morgan fingerprint density at radius 3 is 2.64 bits per heavy atom. The lowest BCUT2D eigenvalue weighted by Crippen LogP contribution is -2.18. The maximum Gasteiger partial charge on any atom is 0.252 e. The molecule has 0 fully saturated rings. The molecular formula is C10H12BrNO2. The number of aryl methyl sites for hydroxylation is 1. The minimum atomic E-state index is -0.126. The van der Waals surface area contributed by atoms with E-state index in [1.54, 1.807) is 20.2 Å². The van der Waals surface area contributed by atoms with Gasteiger partial charge in [0.25, 0.3) is 5.91 Å². The standard InChI is InChI=1S/C10H12BrNO2/c1-6-4-7(14-3)5-8(9(6)11)10(13)12-2/h4-5H,1-3H3,(H,12,13). The SMILES string of the molecule is CNC(=O)c1cc(OC)cc(C)c1Br. The Bertz CT molecular complexity index is 363. The summed E-state index contributed by atoms with van der Waals surface area (Å²) in [6.45, 7) is 1.92. The fraction of sp³-hybridized carbons (Fsp3) is 0.300. The topological polar surface area (TPSA) is 38.3 Å². The van der Waals surface area contributed by atoms with Crippen LogP contribution in [0.25, 0.3) is 0 Å². The summed E-state index contributed by atoms with van der Waals surface area (Å²) in [5.41, 5.74) is 1.56. The van der Waals surface area contributed by atoms with E-state index in [1.165, 1.54) is 0 Å². The average Bonchev–Trinajstić information content (AvgIpc) is 2.20. The van der Waals surface area contributed by atoms with Crippen LogP contribution in [0.1, 0.15) is 15.9 Å². The molecular weight excluding hydrogens is 246 g/mol. The quantitative estimate of drug-likeness (QED) is 0.882. The van der Waals surface area contributed by atoms with E-state index in [0.717, 1.165) is 10.0 Å². The van der Waals surface area contributed by atoms with Crippen LogP contribution in [0.3, 0.4) is 0 Å². The monoisotopic (exact) mass is 257 g/mol. The van der Waals surface area contributed by atoms with E-state index in [-0.39, 0.29) is 5.91 Å². The van der Waals surface area contributed by atoms with E-state index in [9.17, 15) is 4.79 Å². The van der Waals surface area contributed by atoms with Gasteiger partial charge < -0.3 is 10.1 Å². The summed E-state index contributed by atoms with van der Waals surface area (Å²) in [5, 5.41) is 2.58. The van der Waals surface area contributed by atoms with Crippen molar-refractivity contribution in [2.24, 2.45) is 0 Å². The molecule has 1 rings (SSSR count). The van der Waals surface area contributed by atoms with Crippen LogP contribution in [0.5, 0.6) is 5.75 Å². The molecule has 1 amide bonds. The lowest BCUT2D eigenvalue weighted by atomic mass is 10.1. The summed E-state index contributed by atoms with van der Waals surface area (Å²) in [4.78, 5) is 11.5. The van der Waals surface area contributed by atoms with Crippen molar-refractivity contribution in [2.45, 2.75) is 6.92 Å². The third kappa shape index (κ3) is 2.07. The molecule has 0 spiro atoms. The number of methoxy groups -OCH3 is 1. The van der Waals surface area contributed by atoms with Crippen molar-refractivity contribution in [3.63, 3.8) is 0 Å². The fourth-order valence-corrected chi connectivity index (χ4v) is 1.56. The molecule has 1 aromatic rings. The van der Waals surface area contributed by atoms with Gasteiger partial charge >= 0.3 is 0 Å². The van der Waals surface area contributed by atoms with E-state index in [2.05, 4.69) is 21.2 Å². The van der Waals surface area contributed by atoms with E-state index in [4.69, 9.17) is 4.74 Å². The van der Waals surface area contributed by atoms with Crippen LogP contribution >= 0.6 is 15.9 Å². The lowest BCUT2D eigenvalue weighted by Gasteiger charge is -2.08. The zero-order valence-electron chi connectivity index (χ0n) is 8.35. The normalized spacial score (nSPS) is 9.71. The first-order valence-corrected chi connectivity index (χ1v) is 4.95. The van der Waals surface area contributed by atoms with Gasteiger partial charge in [-0.2, -0.15) is 0 Å². The van der Waals surface area contributed by atoms with Gasteiger partial charge in [0.1, 0.15) is 5.75 Å². The van der Waals surface area contributed by atoms with Crippen LogP contribution in [-0.2, 0) is 0 Å². The van der Waals surface area contributed by atoms with E-state index >= 15 is 0 Å². The van der Waals surface area contributed by atoms with Crippen LogP contribution in [0.2, 0.25) is 0 Å². The fourth-order valence-electron chi connectivity index (χ4n) is 1.15. The second-order valence-electron chi connectivity index (χ2n) is 2.88. The van der Waals surface area contributed by atoms with E-state index < -0.39 is 0 Å². The highest BCUT2D eigenvalue weighted by molar-refractivity contribution is 9.10. The van der Waals surface area contributed by atoms with Gasteiger partial charge in [-0.15, -0.1) is 0 Å². The maximum atomic E-state index is 11.5. The highest BCUT2D eigenvalue weighted by atomic mass is 79.9. The van der Waals surface area contributed by atoms with Crippen LogP contribution in [0.15, 0.2) is 16.6 Å². The van der Waals surface area contributed by atoms with Crippen molar-refractivity contribution in [2.75, 3.05) is 14.2 Å². The molecule has 1 N–H and O–H groups in total. The van der Waals surface area contributed by atoms with Crippen LogP contribution in [0, 0.1) is 6.92 Å². The first kappa shape index (κ1) is 11.0. The number of carbonyl (C=O) groups excluding carboxylic acids is 1. The number of halogens is 1. The Balaban J connectivity index is 3.27. The summed E-state index contributed by atoms with van der Waals surface area (Å²) in [6, 6.07) is 3.58. The number of hydrogen-bond donors (Lipinski definition) is 1. The van der Waals surface area contributed by atoms with Gasteiger partial charge in [-0.3, -0.25) is 4.79 Å². The number of amides is 1. The molecule has 0 bridgehead atoms. The highest BCUT2D eigenvalue weighted by Crippen LogP contribution is 2.26. The molecule has 0 aliphatic rings. The Labute approximate surface area is 91.6 Å². The van der Waals surface area contributed by atoms with Gasteiger partial charge in [-0.05, 0) is 40.5 Å². The van der Waals surface area contributed by atoms with E-state index in [1.807, 2.05) is 13.0 Å². The summed E-state index contributed by atoms with van der Waals surface area (Å²) in [7, 11) is 3.18. The summed E-state index contributed by atoms with van der Waals surface area (Å²) < 4.78 is 5.89. The summed E-state index contributed by atoms with van der Waals surface area (Å²) in [5.74, 6) is 0.558. The molecule has 3 nitrogen and oxygen atoms in total. The minimum absolute atomic E-state index is 0.126. The molecule has 0 saturated carbocycles. The predicted molar refractivity (Wildman–Crippen MR) is 58.8 cm³/mol. The van der Waals surface area contributed by atoms with Crippen molar-refractivity contribution < 1.29 is 9.53 Å². The molecule has 0 heterocycles. The number of rotatable bonds is 2. The molecule has 0 aliphatic heterocycles. The molecule has 1 aromatic carbocycles. The van der Waals surface area contributed by atoms with E-state index in [0.29, 0.717) is 11.3 Å². The highest BCUT2D eigenvalue weighted by Gasteiger charge is 2.11. The number of nitrogens with one attached hydrogen (secondary N) is 1. The number of carbonyl (C=O) groups is 1. The van der Waals surface area contributed by atoms with Gasteiger partial charge in [0.2, 0.25) is 0 Å². The Hall–Kier alpha value is -1.03. The molecule has 0 unspecified atom stereocenters. The molecule has 0 aliphatic carbocycles. The molecule has 76 valence electrons. The van der Waals surface area contributed by atoms with Crippen molar-refractivity contribution in [3.8, 4) is 5.75 Å². The van der Waals surface area contributed by atoms with Gasteiger partial charge in [0.15, 0.2) is 0 Å². The first-order chi connectivity index (χ1) is 6.60. The van der Waals surface area contributed by atoms with Crippen LogP contribution < -0.4 is 10.1 Å². The smallest absolute Gasteiger partial charge is 0.252 e. The van der Waals surface area contributed by atoms with Crippen molar-refractivity contribution in [1.82, 2.24) is 5.32 Å². The molecule has 14 heavy (non-hydrogen) atoms. The zero-order chi connectivity index (χ0) is 10.7. The van der Waals surface area contributed by atoms with Gasteiger partial charge in [-0.1, -0.05) is 0 Å². The Morgan fingerprint density at radius 2 is 2.14 bits per heavy atom. The summed E-state index contributed by atoms with van der Waals surface area (Å²) in [6.07, 6.45) is 0. The van der Waals surface area contributed by atoms with Crippen molar-refractivity contribution >= 4 is 21.8 Å². The number of hydrogen-bond acceptors (Lipinski definition) is 2. The lowest BCUT2D eigenvalue weighted by molar-refractivity contribution is 0.0962. The number of ether oxygens (including phenoxy) is 1. The predicted octanol–water partition coefficient (Wildman–Crippen LogP) is 2.13. The van der Waals surface area contributed by atoms with Gasteiger partial charge in [0.05, 0.1) is 12.7 Å². The van der Waals surface area contributed by atoms with Gasteiger partial charge in [-0.25, -0.2) is 0 Å². The third-order valence-corrected chi connectivity index (χ3v) is 2.99. The second-order valence-corrected chi connectivity index (χ2v) is 3.68. The molecule has 0 radical (unpaired) electrons. The minimum Gasteiger partial charge on any atom is -0.497 e. The van der Waals surface area contributed by atoms with Crippen molar-refractivity contribution in [3.05, 3.63) is 27.7 Å². The number of benzene rings is 1. The average molecular weight is 258 g/mol. The third-order valence-electron chi connectivity index (χ3n) is 1.94. The second kappa shape index (κ2) is 4.46. The summed E-state index contributed by atoms with van der Waals surface area (Å²) >= 11 is 3.37. The molecule has 0 saturated heterocycles. The zero-order valence-corrected chi connectivity index (χ0v) is 9.94. The Kier molecular flexibility index (Phi) is 3.52. The molecule has 0 atom stereocenters. The molecule has 0 aromatic heterocycles. The molecule has 4 heteroatoms. The first-order valence-electron chi connectivity index (χ1n) is 4.16. The largest absolute Gasteiger partial charge is 0.497 e. The van der Waals surface area contributed by atoms with Crippen LogP contribution in [0.4, 0.5) is 0 Å². The van der Waals surface area contributed by atoms with Crippen LogP contribution in [-0.4, -0.2) is 20.1 Å². The maximum absolute atomic E-state index is 11.5. The van der Waals surface area contributed by atoms with Crippen molar-refractivity contribution in [1.29, 1.82) is 0 Å². The Morgan fingerprint density at radius 1 is 1.50 bits per heavy atom.